The predicted molar refractivity (Wildman–Crippen MR) is 90.9 cm³/mol. The molecule has 0 saturated carbocycles. The number of halogens is 2. The van der Waals surface area contributed by atoms with Crippen LogP contribution in [0.1, 0.15) is 17.5 Å². The smallest absolute Gasteiger partial charge is 0.248 e. The third-order valence-corrected chi connectivity index (χ3v) is 3.99. The average Bonchev–Trinajstić information content (AvgIpc) is 2.58. The molecule has 2 amide bonds. The molecule has 0 aliphatic carbocycles. The zero-order chi connectivity index (χ0) is 18.7. The first-order chi connectivity index (χ1) is 12.4. The number of fused-ring (bicyclic) bond motifs is 1. The summed E-state index contributed by atoms with van der Waals surface area (Å²) in [5, 5.41) is 13.0. The molecule has 8 heteroatoms. The Morgan fingerprint density at radius 1 is 1.35 bits per heavy atom. The van der Waals surface area contributed by atoms with Crippen LogP contribution in [0.15, 0.2) is 36.5 Å². The molecule has 2 heterocycles. The summed E-state index contributed by atoms with van der Waals surface area (Å²) in [5.74, 6) is -1.68. The van der Waals surface area contributed by atoms with E-state index in [1.165, 1.54) is 0 Å². The number of nitrogens with zero attached hydrogens (tertiary/aromatic N) is 1. The monoisotopic (exact) mass is 358 g/mol. The first kappa shape index (κ1) is 17.7. The Bertz CT molecular complexity index is 885. The summed E-state index contributed by atoms with van der Waals surface area (Å²) in [5.41, 5.74) is 0.734. The number of anilines is 1. The van der Waals surface area contributed by atoms with Crippen LogP contribution in [0.4, 0.5) is 14.6 Å². The van der Waals surface area contributed by atoms with Crippen LogP contribution >= 0.6 is 0 Å². The van der Waals surface area contributed by atoms with Crippen LogP contribution < -0.4 is 10.6 Å². The van der Waals surface area contributed by atoms with Crippen molar-refractivity contribution in [3.05, 3.63) is 59.3 Å². The summed E-state index contributed by atoms with van der Waals surface area (Å²) in [4.78, 5) is 28.2. The molecular formula is C18H16F2N4O2. The Morgan fingerprint density at radius 3 is 2.96 bits per heavy atom. The Labute approximate surface area is 148 Å². The highest BCUT2D eigenvalue weighted by molar-refractivity contribution is 6.04. The van der Waals surface area contributed by atoms with Crippen molar-refractivity contribution >= 4 is 23.3 Å². The van der Waals surface area contributed by atoms with E-state index in [2.05, 4.69) is 15.6 Å². The molecule has 0 fully saturated rings. The molecule has 0 saturated heterocycles. The molecule has 6 nitrogen and oxygen atoms in total. The van der Waals surface area contributed by atoms with Gasteiger partial charge in [-0.3, -0.25) is 9.59 Å². The van der Waals surface area contributed by atoms with Crippen LogP contribution in [0.5, 0.6) is 0 Å². The van der Waals surface area contributed by atoms with E-state index in [1.54, 1.807) is 18.3 Å². The van der Waals surface area contributed by atoms with E-state index < -0.39 is 23.6 Å². The maximum atomic E-state index is 13.6. The van der Waals surface area contributed by atoms with Crippen molar-refractivity contribution in [3.8, 4) is 0 Å². The van der Waals surface area contributed by atoms with Crippen molar-refractivity contribution in [1.29, 1.82) is 5.41 Å². The van der Waals surface area contributed by atoms with E-state index in [0.29, 0.717) is 12.2 Å². The third kappa shape index (κ3) is 4.08. The second-order valence-electron chi connectivity index (χ2n) is 6.02. The number of carbonyl (C=O) groups is 2. The second kappa shape index (κ2) is 7.38. The molecule has 0 bridgehead atoms. The summed E-state index contributed by atoms with van der Waals surface area (Å²) in [7, 11) is 0. The largest absolute Gasteiger partial charge is 0.344 e. The van der Waals surface area contributed by atoms with Crippen LogP contribution in [0.25, 0.3) is 0 Å². The molecular weight excluding hydrogens is 342 g/mol. The minimum absolute atomic E-state index is 0.0122. The lowest BCUT2D eigenvalue weighted by atomic mass is 10.0. The predicted octanol–water partition coefficient (Wildman–Crippen LogP) is 1.99. The van der Waals surface area contributed by atoms with Crippen molar-refractivity contribution in [2.45, 2.75) is 25.3 Å². The fourth-order valence-corrected chi connectivity index (χ4v) is 2.76. The molecule has 3 rings (SSSR count). The molecule has 1 aliphatic rings. The van der Waals surface area contributed by atoms with Gasteiger partial charge in [-0.1, -0.05) is 6.07 Å². The van der Waals surface area contributed by atoms with Gasteiger partial charge in [-0.25, -0.2) is 13.8 Å². The van der Waals surface area contributed by atoms with Crippen LogP contribution in [0.2, 0.25) is 0 Å². The Balaban J connectivity index is 1.58. The zero-order valence-corrected chi connectivity index (χ0v) is 13.7. The van der Waals surface area contributed by atoms with Crippen LogP contribution in [-0.2, 0) is 22.4 Å². The highest BCUT2D eigenvalue weighted by Gasteiger charge is 2.28. The van der Waals surface area contributed by atoms with Gasteiger partial charge in [0.25, 0.3) is 0 Å². The van der Waals surface area contributed by atoms with Gasteiger partial charge in [0.2, 0.25) is 11.8 Å². The number of aromatic nitrogens is 1. The van der Waals surface area contributed by atoms with Crippen molar-refractivity contribution in [1.82, 2.24) is 10.3 Å². The maximum Gasteiger partial charge on any atom is 0.248 e. The van der Waals surface area contributed by atoms with E-state index in [-0.39, 0.29) is 30.0 Å². The lowest BCUT2D eigenvalue weighted by Crippen LogP contribution is -2.48. The number of benzene rings is 1. The van der Waals surface area contributed by atoms with Gasteiger partial charge in [0.1, 0.15) is 23.5 Å². The number of hydrogen-bond donors (Lipinski definition) is 3. The number of carbonyl (C=O) groups excluding carboxylic acids is 2. The second-order valence-corrected chi connectivity index (χ2v) is 6.02. The minimum atomic E-state index is -0.766. The quantitative estimate of drug-likeness (QED) is 0.714. The Kier molecular flexibility index (Phi) is 5.01. The lowest BCUT2D eigenvalue weighted by molar-refractivity contribution is -0.126. The van der Waals surface area contributed by atoms with Crippen molar-refractivity contribution in [2.24, 2.45) is 0 Å². The maximum absolute atomic E-state index is 13.6. The molecule has 0 spiro atoms. The van der Waals surface area contributed by atoms with E-state index in [1.807, 2.05) is 0 Å². The van der Waals surface area contributed by atoms with Gasteiger partial charge >= 0.3 is 0 Å². The standard InChI is InChI=1S/C18H16F2N4O2/c19-12-3-4-14(20)11(6-12)7-13(21)9-16(25)23-15-8-10-2-1-5-22-17(10)24-18(15)26/h1-6,15,21H,7-9H2,(H,23,25)(H,22,24,26). The normalized spacial score (nSPS) is 15.8. The highest BCUT2D eigenvalue weighted by Crippen LogP contribution is 2.19. The number of amides is 2. The summed E-state index contributed by atoms with van der Waals surface area (Å²) in [6.45, 7) is 0. The van der Waals surface area contributed by atoms with E-state index in [9.17, 15) is 18.4 Å². The number of rotatable bonds is 5. The molecule has 1 unspecified atom stereocenters. The number of pyridine rings is 1. The SMILES string of the molecule is N=C(CC(=O)NC1Cc2cccnc2NC1=O)Cc1cc(F)ccc1F. The highest BCUT2D eigenvalue weighted by atomic mass is 19.1. The van der Waals surface area contributed by atoms with E-state index in [4.69, 9.17) is 5.41 Å². The summed E-state index contributed by atoms with van der Waals surface area (Å²) in [6, 6.07) is 5.74. The first-order valence-corrected chi connectivity index (χ1v) is 7.96. The van der Waals surface area contributed by atoms with Gasteiger partial charge in [0.15, 0.2) is 0 Å². The van der Waals surface area contributed by atoms with E-state index >= 15 is 0 Å². The lowest BCUT2D eigenvalue weighted by Gasteiger charge is -2.24. The van der Waals surface area contributed by atoms with Crippen molar-refractivity contribution in [3.63, 3.8) is 0 Å². The van der Waals surface area contributed by atoms with Gasteiger partial charge in [0, 0.05) is 24.8 Å². The summed E-state index contributed by atoms with van der Waals surface area (Å²) < 4.78 is 26.8. The molecule has 3 N–H and O–H groups in total. The van der Waals surface area contributed by atoms with Gasteiger partial charge in [0.05, 0.1) is 6.42 Å². The molecule has 1 aliphatic heterocycles. The number of nitrogens with one attached hydrogen (secondary N) is 3. The molecule has 134 valence electrons. The summed E-state index contributed by atoms with van der Waals surface area (Å²) >= 11 is 0. The van der Waals surface area contributed by atoms with Crippen LogP contribution in [-0.4, -0.2) is 28.6 Å². The topological polar surface area (TPSA) is 94.9 Å². The minimum Gasteiger partial charge on any atom is -0.344 e. The first-order valence-electron chi connectivity index (χ1n) is 7.96. The third-order valence-electron chi connectivity index (χ3n) is 3.99. The Hall–Kier alpha value is -3.16. The molecule has 1 aromatic heterocycles. The Morgan fingerprint density at radius 2 is 2.15 bits per heavy atom. The van der Waals surface area contributed by atoms with Crippen molar-refractivity contribution in [2.75, 3.05) is 5.32 Å². The van der Waals surface area contributed by atoms with Gasteiger partial charge in [-0.2, -0.15) is 0 Å². The molecule has 26 heavy (non-hydrogen) atoms. The van der Waals surface area contributed by atoms with Gasteiger partial charge in [-0.05, 0) is 35.4 Å². The fraction of sp³-hybridized carbons (Fsp3) is 0.222. The van der Waals surface area contributed by atoms with Crippen molar-refractivity contribution < 1.29 is 18.4 Å². The van der Waals surface area contributed by atoms with Gasteiger partial charge in [-0.15, -0.1) is 0 Å². The van der Waals surface area contributed by atoms with Crippen LogP contribution in [0.3, 0.4) is 0 Å². The summed E-state index contributed by atoms with van der Waals surface area (Å²) in [6.07, 6.45) is 1.37. The fourth-order valence-electron chi connectivity index (χ4n) is 2.76. The molecule has 0 radical (unpaired) electrons. The molecule has 2 aromatic rings. The zero-order valence-electron chi connectivity index (χ0n) is 13.7. The molecule has 1 atom stereocenters. The van der Waals surface area contributed by atoms with E-state index in [0.717, 1.165) is 23.8 Å². The average molecular weight is 358 g/mol. The number of hydrogen-bond acceptors (Lipinski definition) is 4. The molecule has 1 aromatic carbocycles. The van der Waals surface area contributed by atoms with Gasteiger partial charge < -0.3 is 16.0 Å². The van der Waals surface area contributed by atoms with Crippen LogP contribution in [0, 0.1) is 17.0 Å².